The summed E-state index contributed by atoms with van der Waals surface area (Å²) in [6.45, 7) is 12.9. The lowest BCUT2D eigenvalue weighted by atomic mass is 9.84. The Labute approximate surface area is 242 Å². The highest BCUT2D eigenvalue weighted by Gasteiger charge is 2.47. The molecule has 1 N–H and O–H groups in total. The van der Waals surface area contributed by atoms with Gasteiger partial charge in [-0.1, -0.05) is 45.9 Å². The van der Waals surface area contributed by atoms with Crippen LogP contribution in [0.1, 0.15) is 69.8 Å². The van der Waals surface area contributed by atoms with Crippen molar-refractivity contribution in [3.05, 3.63) is 88.5 Å². The Hall–Kier alpha value is -4.26. The Morgan fingerprint density at radius 3 is 2.07 bits per heavy atom. The van der Waals surface area contributed by atoms with E-state index < -0.39 is 17.7 Å². The third-order valence-corrected chi connectivity index (χ3v) is 7.23. The molecule has 0 saturated carbocycles. The number of aryl methyl sites for hydroxylation is 1. The van der Waals surface area contributed by atoms with Crippen molar-refractivity contribution in [2.24, 2.45) is 0 Å². The third-order valence-electron chi connectivity index (χ3n) is 7.23. The molecule has 1 unspecified atom stereocenters. The molecule has 1 aliphatic heterocycles. The molecule has 0 aromatic heterocycles. The maximum absolute atomic E-state index is 13.7. The van der Waals surface area contributed by atoms with Crippen LogP contribution in [0.5, 0.6) is 17.2 Å². The van der Waals surface area contributed by atoms with E-state index in [0.29, 0.717) is 47.3 Å². The van der Waals surface area contributed by atoms with E-state index in [4.69, 9.17) is 14.2 Å². The van der Waals surface area contributed by atoms with Gasteiger partial charge in [-0.05, 0) is 79.3 Å². The first-order valence-corrected chi connectivity index (χ1v) is 14.0. The number of hydrogen-bond acceptors (Lipinski definition) is 6. The van der Waals surface area contributed by atoms with Gasteiger partial charge in [-0.15, -0.1) is 0 Å². The number of anilines is 1. The molecule has 216 valence electrons. The van der Waals surface area contributed by atoms with Gasteiger partial charge in [0.2, 0.25) is 0 Å². The molecule has 0 spiro atoms. The lowest BCUT2D eigenvalue weighted by molar-refractivity contribution is -0.132. The van der Waals surface area contributed by atoms with Crippen molar-refractivity contribution < 1.29 is 28.9 Å². The molecule has 7 nitrogen and oxygen atoms in total. The smallest absolute Gasteiger partial charge is 0.300 e. The lowest BCUT2D eigenvalue weighted by Crippen LogP contribution is -2.29. The van der Waals surface area contributed by atoms with Crippen molar-refractivity contribution in [1.29, 1.82) is 0 Å². The van der Waals surface area contributed by atoms with Crippen molar-refractivity contribution in [3.63, 3.8) is 0 Å². The number of methoxy groups -OCH3 is 1. The first kappa shape index (κ1) is 29.7. The maximum atomic E-state index is 13.7. The molecule has 0 bridgehead atoms. The monoisotopic (exact) mass is 557 g/mol. The normalized spacial score (nSPS) is 16.7. The van der Waals surface area contributed by atoms with E-state index >= 15 is 0 Å². The van der Waals surface area contributed by atoms with E-state index in [-0.39, 0.29) is 16.7 Å². The fourth-order valence-corrected chi connectivity index (χ4v) is 5.14. The van der Waals surface area contributed by atoms with Crippen LogP contribution < -0.4 is 19.1 Å². The number of nitrogens with zero attached hydrogens (tertiary/aromatic N) is 1. The molecule has 41 heavy (non-hydrogen) atoms. The quantitative estimate of drug-likeness (QED) is 0.174. The second-order valence-corrected chi connectivity index (χ2v) is 10.9. The van der Waals surface area contributed by atoms with Crippen LogP contribution >= 0.6 is 0 Å². The molecular formula is C34H39NO6. The first-order chi connectivity index (χ1) is 19.5. The zero-order valence-corrected chi connectivity index (χ0v) is 24.9. The number of aliphatic hydroxyl groups is 1. The Kier molecular flexibility index (Phi) is 8.76. The molecule has 1 fully saturated rings. The zero-order chi connectivity index (χ0) is 29.9. The molecule has 1 atom stereocenters. The van der Waals surface area contributed by atoms with Crippen molar-refractivity contribution in [3.8, 4) is 17.2 Å². The molecule has 1 saturated heterocycles. The predicted molar refractivity (Wildman–Crippen MR) is 161 cm³/mol. The van der Waals surface area contributed by atoms with E-state index in [1.807, 2.05) is 44.2 Å². The molecular weight excluding hydrogens is 518 g/mol. The fraction of sp³-hybridized carbons (Fsp3) is 0.353. The van der Waals surface area contributed by atoms with Crippen molar-refractivity contribution in [1.82, 2.24) is 0 Å². The summed E-state index contributed by atoms with van der Waals surface area (Å²) in [4.78, 5) is 28.8. The third kappa shape index (κ3) is 5.80. The minimum Gasteiger partial charge on any atom is -0.507 e. The number of aliphatic hydroxyl groups excluding tert-OH is 1. The van der Waals surface area contributed by atoms with Crippen LogP contribution in [0.15, 0.2) is 66.2 Å². The summed E-state index contributed by atoms with van der Waals surface area (Å²) in [5, 5.41) is 11.8. The minimum atomic E-state index is -0.891. The number of benzene rings is 3. The number of carbonyl (C=O) groups is 2. The molecule has 3 aromatic rings. The highest BCUT2D eigenvalue weighted by molar-refractivity contribution is 6.51. The standard InChI is InChI=1S/C34H39NO6/c1-8-21-11-15-24(16-12-21)35-30(22-13-18-27(39-7)28(20-22)41-10-3)29(32(37)33(35)38)31(36)23-14-17-26(40-9-2)25(19-23)34(4,5)6/h11-20,30,36H,8-10H2,1-7H3/b31-29+. The summed E-state index contributed by atoms with van der Waals surface area (Å²) in [5.41, 5.74) is 3.30. The topological polar surface area (TPSA) is 85.3 Å². The first-order valence-electron chi connectivity index (χ1n) is 14.0. The van der Waals surface area contributed by atoms with Crippen LogP contribution in [0.2, 0.25) is 0 Å². The summed E-state index contributed by atoms with van der Waals surface area (Å²) >= 11 is 0. The minimum absolute atomic E-state index is 0.00574. The second-order valence-electron chi connectivity index (χ2n) is 10.9. The highest BCUT2D eigenvalue weighted by atomic mass is 16.5. The summed E-state index contributed by atoms with van der Waals surface area (Å²) in [6, 6.07) is 17.3. The average molecular weight is 558 g/mol. The van der Waals surface area contributed by atoms with Gasteiger partial charge in [0, 0.05) is 16.8 Å². The van der Waals surface area contributed by atoms with Crippen LogP contribution in [0.3, 0.4) is 0 Å². The number of ketones is 1. The van der Waals surface area contributed by atoms with E-state index in [2.05, 4.69) is 27.7 Å². The lowest BCUT2D eigenvalue weighted by Gasteiger charge is -2.27. The van der Waals surface area contributed by atoms with Gasteiger partial charge in [-0.3, -0.25) is 14.5 Å². The molecule has 4 rings (SSSR count). The fourth-order valence-electron chi connectivity index (χ4n) is 5.14. The summed E-state index contributed by atoms with van der Waals surface area (Å²) in [6.07, 6.45) is 0.840. The van der Waals surface area contributed by atoms with Crippen molar-refractivity contribution >= 4 is 23.1 Å². The molecule has 0 radical (unpaired) electrons. The van der Waals surface area contributed by atoms with Gasteiger partial charge < -0.3 is 19.3 Å². The Balaban J connectivity index is 1.97. The van der Waals surface area contributed by atoms with E-state index in [9.17, 15) is 14.7 Å². The molecule has 0 aliphatic carbocycles. The SMILES string of the molecule is CCOc1cc(C2/C(=C(\O)c3ccc(OCC)c(C(C)(C)C)c3)C(=O)C(=O)N2c2ccc(CC)cc2)ccc1OC. The Morgan fingerprint density at radius 2 is 1.49 bits per heavy atom. The predicted octanol–water partition coefficient (Wildman–Crippen LogP) is 6.98. The largest absolute Gasteiger partial charge is 0.507 e. The average Bonchev–Trinajstić information content (AvgIpc) is 3.22. The van der Waals surface area contributed by atoms with Gasteiger partial charge in [-0.25, -0.2) is 0 Å². The van der Waals surface area contributed by atoms with Gasteiger partial charge in [0.1, 0.15) is 11.5 Å². The van der Waals surface area contributed by atoms with Crippen LogP contribution in [0, 0.1) is 0 Å². The van der Waals surface area contributed by atoms with E-state index in [1.54, 1.807) is 37.4 Å². The van der Waals surface area contributed by atoms with Gasteiger partial charge in [0.25, 0.3) is 11.7 Å². The van der Waals surface area contributed by atoms with Gasteiger partial charge in [-0.2, -0.15) is 0 Å². The Morgan fingerprint density at radius 1 is 0.854 bits per heavy atom. The van der Waals surface area contributed by atoms with Crippen LogP contribution in [0.25, 0.3) is 5.76 Å². The Bertz CT molecular complexity index is 1470. The number of amides is 1. The number of hydrogen-bond donors (Lipinski definition) is 1. The molecule has 7 heteroatoms. The number of rotatable bonds is 9. The van der Waals surface area contributed by atoms with Gasteiger partial charge >= 0.3 is 0 Å². The van der Waals surface area contributed by atoms with Crippen molar-refractivity contribution in [2.45, 2.75) is 59.4 Å². The molecule has 1 amide bonds. The van der Waals surface area contributed by atoms with Crippen LogP contribution in [-0.2, 0) is 21.4 Å². The van der Waals surface area contributed by atoms with E-state index in [0.717, 1.165) is 17.5 Å². The molecule has 1 aliphatic rings. The number of ether oxygens (including phenoxy) is 3. The van der Waals surface area contributed by atoms with Crippen molar-refractivity contribution in [2.75, 3.05) is 25.2 Å². The molecule has 3 aromatic carbocycles. The summed E-state index contributed by atoms with van der Waals surface area (Å²) in [7, 11) is 1.55. The van der Waals surface area contributed by atoms with Crippen LogP contribution in [-0.4, -0.2) is 37.1 Å². The second kappa shape index (κ2) is 12.1. The summed E-state index contributed by atoms with van der Waals surface area (Å²) in [5.74, 6) is 0.00437. The maximum Gasteiger partial charge on any atom is 0.300 e. The van der Waals surface area contributed by atoms with Gasteiger partial charge in [0.05, 0.1) is 31.9 Å². The highest BCUT2D eigenvalue weighted by Crippen LogP contribution is 2.45. The van der Waals surface area contributed by atoms with Gasteiger partial charge in [0.15, 0.2) is 11.5 Å². The number of carbonyl (C=O) groups excluding carboxylic acids is 2. The molecule has 1 heterocycles. The summed E-state index contributed by atoms with van der Waals surface area (Å²) < 4.78 is 17.1. The van der Waals surface area contributed by atoms with Crippen LogP contribution in [0.4, 0.5) is 5.69 Å². The zero-order valence-electron chi connectivity index (χ0n) is 24.9. The number of Topliss-reactive ketones (excluding diaryl/α,β-unsaturated/α-hetero) is 1. The van der Waals surface area contributed by atoms with E-state index in [1.165, 1.54) is 4.90 Å².